The highest BCUT2D eigenvalue weighted by atomic mass is 15.2. The van der Waals surface area contributed by atoms with Gasteiger partial charge < -0.3 is 10.2 Å². The van der Waals surface area contributed by atoms with E-state index >= 15 is 0 Å². The zero-order chi connectivity index (χ0) is 14.4. The molecule has 3 heteroatoms. The predicted molar refractivity (Wildman–Crippen MR) is 86.1 cm³/mol. The fourth-order valence-electron chi connectivity index (χ4n) is 2.93. The van der Waals surface area contributed by atoms with E-state index in [2.05, 4.69) is 53.5 Å². The molecule has 2 rings (SSSR count). The van der Waals surface area contributed by atoms with Crippen LogP contribution in [0.15, 0.2) is 24.3 Å². The third-order valence-corrected chi connectivity index (χ3v) is 4.43. The van der Waals surface area contributed by atoms with Crippen molar-refractivity contribution in [2.24, 2.45) is 0 Å². The molecule has 0 atom stereocenters. The number of hydrogen-bond donors (Lipinski definition) is 1. The van der Waals surface area contributed by atoms with Gasteiger partial charge in [0, 0.05) is 12.6 Å². The molecule has 1 fully saturated rings. The van der Waals surface area contributed by atoms with Crippen molar-refractivity contribution >= 4 is 0 Å². The van der Waals surface area contributed by atoms with Crippen LogP contribution in [0.1, 0.15) is 24.0 Å². The Balaban J connectivity index is 1.83. The Morgan fingerprint density at radius 1 is 1.15 bits per heavy atom. The highest BCUT2D eigenvalue weighted by molar-refractivity contribution is 5.22. The lowest BCUT2D eigenvalue weighted by Gasteiger charge is -2.35. The van der Waals surface area contributed by atoms with Gasteiger partial charge in [0.25, 0.3) is 0 Å². The summed E-state index contributed by atoms with van der Waals surface area (Å²) < 4.78 is 0. The summed E-state index contributed by atoms with van der Waals surface area (Å²) >= 11 is 0. The first-order valence-corrected chi connectivity index (χ1v) is 7.80. The van der Waals surface area contributed by atoms with Crippen LogP contribution in [0.4, 0.5) is 0 Å². The van der Waals surface area contributed by atoms with Crippen molar-refractivity contribution in [1.29, 1.82) is 0 Å². The minimum absolute atomic E-state index is 0.746. The largest absolute Gasteiger partial charge is 0.319 e. The first-order chi connectivity index (χ1) is 9.69. The molecular weight excluding hydrogens is 246 g/mol. The van der Waals surface area contributed by atoms with E-state index < -0.39 is 0 Å². The number of benzene rings is 1. The molecule has 20 heavy (non-hydrogen) atoms. The lowest BCUT2D eigenvalue weighted by atomic mass is 10.0. The molecule has 0 unspecified atom stereocenters. The highest BCUT2D eigenvalue weighted by Crippen LogP contribution is 2.17. The molecule has 1 aliphatic heterocycles. The molecule has 1 heterocycles. The molecule has 0 saturated carbocycles. The SMILES string of the molecule is CNCCc1ccc(CN(C)C2CCN(C)CC2)cc1. The van der Waals surface area contributed by atoms with E-state index in [4.69, 9.17) is 0 Å². The summed E-state index contributed by atoms with van der Waals surface area (Å²) in [5.74, 6) is 0. The lowest BCUT2D eigenvalue weighted by molar-refractivity contribution is 0.139. The van der Waals surface area contributed by atoms with Crippen LogP contribution in [0.3, 0.4) is 0 Å². The molecular formula is C17H29N3. The molecule has 0 radical (unpaired) electrons. The van der Waals surface area contributed by atoms with E-state index in [0.717, 1.165) is 25.6 Å². The first kappa shape index (κ1) is 15.5. The van der Waals surface area contributed by atoms with Gasteiger partial charge >= 0.3 is 0 Å². The summed E-state index contributed by atoms with van der Waals surface area (Å²) in [5.41, 5.74) is 2.85. The van der Waals surface area contributed by atoms with Gasteiger partial charge in [0.1, 0.15) is 0 Å². The molecule has 1 aliphatic rings. The number of likely N-dealkylation sites (N-methyl/N-ethyl adjacent to an activating group) is 1. The van der Waals surface area contributed by atoms with Crippen molar-refractivity contribution in [3.8, 4) is 0 Å². The lowest BCUT2D eigenvalue weighted by Crippen LogP contribution is -2.41. The van der Waals surface area contributed by atoms with Crippen LogP contribution in [0, 0.1) is 0 Å². The molecule has 0 aromatic heterocycles. The van der Waals surface area contributed by atoms with E-state index in [1.807, 2.05) is 7.05 Å². The average molecular weight is 275 g/mol. The van der Waals surface area contributed by atoms with Gasteiger partial charge in [-0.15, -0.1) is 0 Å². The van der Waals surface area contributed by atoms with Crippen molar-refractivity contribution in [3.05, 3.63) is 35.4 Å². The van der Waals surface area contributed by atoms with Gasteiger partial charge in [0.15, 0.2) is 0 Å². The van der Waals surface area contributed by atoms with E-state index in [-0.39, 0.29) is 0 Å². The molecule has 0 amide bonds. The number of rotatable bonds is 6. The number of nitrogens with one attached hydrogen (secondary N) is 1. The van der Waals surface area contributed by atoms with Crippen LogP contribution in [0.5, 0.6) is 0 Å². The van der Waals surface area contributed by atoms with Crippen molar-refractivity contribution in [2.45, 2.75) is 31.8 Å². The van der Waals surface area contributed by atoms with Gasteiger partial charge in [-0.1, -0.05) is 24.3 Å². The van der Waals surface area contributed by atoms with Crippen molar-refractivity contribution in [1.82, 2.24) is 15.1 Å². The van der Waals surface area contributed by atoms with Gasteiger partial charge in [0.05, 0.1) is 0 Å². The molecule has 0 bridgehead atoms. The Bertz CT molecular complexity index is 380. The summed E-state index contributed by atoms with van der Waals surface area (Å²) in [7, 11) is 6.50. The zero-order valence-electron chi connectivity index (χ0n) is 13.2. The third-order valence-electron chi connectivity index (χ3n) is 4.43. The smallest absolute Gasteiger partial charge is 0.0233 e. The number of piperidine rings is 1. The van der Waals surface area contributed by atoms with Gasteiger partial charge in [-0.2, -0.15) is 0 Å². The van der Waals surface area contributed by atoms with Crippen LogP contribution < -0.4 is 5.32 Å². The quantitative estimate of drug-likeness (QED) is 0.856. The highest BCUT2D eigenvalue weighted by Gasteiger charge is 2.20. The second-order valence-corrected chi connectivity index (χ2v) is 6.12. The van der Waals surface area contributed by atoms with E-state index in [0.29, 0.717) is 0 Å². The monoisotopic (exact) mass is 275 g/mol. The average Bonchev–Trinajstić information content (AvgIpc) is 2.47. The summed E-state index contributed by atoms with van der Waals surface area (Å²) in [6.07, 6.45) is 3.71. The normalized spacial score (nSPS) is 17.8. The summed E-state index contributed by atoms with van der Waals surface area (Å²) in [6, 6.07) is 9.87. The second-order valence-electron chi connectivity index (χ2n) is 6.12. The molecule has 1 aromatic carbocycles. The van der Waals surface area contributed by atoms with Crippen LogP contribution in [-0.2, 0) is 13.0 Å². The third kappa shape index (κ3) is 4.58. The van der Waals surface area contributed by atoms with E-state index in [1.54, 1.807) is 0 Å². The van der Waals surface area contributed by atoms with Crippen LogP contribution in [0.25, 0.3) is 0 Å². The van der Waals surface area contributed by atoms with Crippen LogP contribution >= 0.6 is 0 Å². The van der Waals surface area contributed by atoms with Crippen LogP contribution in [-0.4, -0.2) is 56.6 Å². The molecule has 1 saturated heterocycles. The second kappa shape index (κ2) is 7.77. The number of likely N-dealkylation sites (tertiary alicyclic amines) is 1. The minimum Gasteiger partial charge on any atom is -0.319 e. The fraction of sp³-hybridized carbons (Fsp3) is 0.647. The Morgan fingerprint density at radius 3 is 2.35 bits per heavy atom. The van der Waals surface area contributed by atoms with E-state index in [1.165, 1.54) is 37.1 Å². The summed E-state index contributed by atoms with van der Waals surface area (Å²) in [6.45, 7) is 4.59. The summed E-state index contributed by atoms with van der Waals surface area (Å²) in [4.78, 5) is 4.95. The van der Waals surface area contributed by atoms with Crippen molar-refractivity contribution < 1.29 is 0 Å². The zero-order valence-corrected chi connectivity index (χ0v) is 13.2. The Labute approximate surface area is 124 Å². The van der Waals surface area contributed by atoms with E-state index in [9.17, 15) is 0 Å². The molecule has 0 aliphatic carbocycles. The van der Waals surface area contributed by atoms with Gasteiger partial charge in [0.2, 0.25) is 0 Å². The number of hydrogen-bond acceptors (Lipinski definition) is 3. The predicted octanol–water partition coefficient (Wildman–Crippen LogP) is 1.97. The molecule has 1 N–H and O–H groups in total. The van der Waals surface area contributed by atoms with Gasteiger partial charge in [-0.3, -0.25) is 4.90 Å². The summed E-state index contributed by atoms with van der Waals surface area (Å²) in [5, 5.41) is 3.20. The first-order valence-electron chi connectivity index (χ1n) is 7.80. The molecule has 3 nitrogen and oxygen atoms in total. The minimum atomic E-state index is 0.746. The standard InChI is InChI=1S/C17H29N3/c1-18-11-8-15-4-6-16(7-5-15)14-20(3)17-9-12-19(2)13-10-17/h4-7,17-18H,8-14H2,1-3H3. The Kier molecular flexibility index (Phi) is 6.02. The molecule has 0 spiro atoms. The molecule has 1 aromatic rings. The Morgan fingerprint density at radius 2 is 1.75 bits per heavy atom. The maximum absolute atomic E-state index is 3.20. The fourth-order valence-corrected chi connectivity index (χ4v) is 2.93. The van der Waals surface area contributed by atoms with Gasteiger partial charge in [-0.05, 0) is 71.2 Å². The van der Waals surface area contributed by atoms with Crippen molar-refractivity contribution in [3.63, 3.8) is 0 Å². The molecule has 112 valence electrons. The van der Waals surface area contributed by atoms with Crippen LogP contribution in [0.2, 0.25) is 0 Å². The maximum atomic E-state index is 3.20. The number of nitrogens with zero attached hydrogens (tertiary/aromatic N) is 2. The Hall–Kier alpha value is -0.900. The van der Waals surface area contributed by atoms with Gasteiger partial charge in [-0.25, -0.2) is 0 Å². The topological polar surface area (TPSA) is 18.5 Å². The maximum Gasteiger partial charge on any atom is 0.0233 e. The van der Waals surface area contributed by atoms with Crippen molar-refractivity contribution in [2.75, 3.05) is 40.8 Å².